The van der Waals surface area contributed by atoms with E-state index in [1.165, 1.54) is 28.4 Å². The molecule has 2 aliphatic carbocycles. The van der Waals surface area contributed by atoms with Crippen LogP contribution in [0.15, 0.2) is 93.9 Å². The van der Waals surface area contributed by atoms with Gasteiger partial charge in [-0.1, -0.05) is 48.5 Å². The molecular weight excluding hydrogens is 658 g/mol. The van der Waals surface area contributed by atoms with Crippen molar-refractivity contribution >= 4 is 35.0 Å². The van der Waals surface area contributed by atoms with Gasteiger partial charge in [0.25, 0.3) is 0 Å². The van der Waals surface area contributed by atoms with Crippen LogP contribution in [0.2, 0.25) is 0 Å². The van der Waals surface area contributed by atoms with Crippen molar-refractivity contribution in [3.8, 4) is 0 Å². The van der Waals surface area contributed by atoms with Gasteiger partial charge >= 0.3 is 5.97 Å². The zero-order chi connectivity index (χ0) is 38.0. The number of carbonyl (C=O) groups is 6. The van der Waals surface area contributed by atoms with E-state index < -0.39 is 5.97 Å². The van der Waals surface area contributed by atoms with Gasteiger partial charge in [-0.25, -0.2) is 0 Å². The van der Waals surface area contributed by atoms with Crippen LogP contribution in [0.1, 0.15) is 49.9 Å². The minimum atomic E-state index is -0.906. The van der Waals surface area contributed by atoms with Crippen molar-refractivity contribution in [2.45, 2.75) is 59.4 Å². The Hall–Kier alpha value is -5.78. The minimum absolute atomic E-state index is 0.0358. The molecule has 0 bridgehead atoms. The number of hydrogen-bond acceptors (Lipinski definition) is 10. The van der Waals surface area contributed by atoms with Crippen molar-refractivity contribution < 1.29 is 52.8 Å². The van der Waals surface area contributed by atoms with Crippen molar-refractivity contribution in [2.75, 3.05) is 28.4 Å². The van der Waals surface area contributed by atoms with Crippen LogP contribution in [0.3, 0.4) is 0 Å². The van der Waals surface area contributed by atoms with Crippen LogP contribution in [-0.2, 0) is 73.4 Å². The molecule has 0 spiro atoms. The van der Waals surface area contributed by atoms with Gasteiger partial charge in [-0.2, -0.15) is 0 Å². The summed E-state index contributed by atoms with van der Waals surface area (Å²) in [6.45, 7) is 7.03. The molecular formula is C39H43NO11. The molecule has 2 aliphatic rings. The summed E-state index contributed by atoms with van der Waals surface area (Å²) < 4.78 is 20.2. The maximum atomic E-state index is 12.7. The third-order valence-corrected chi connectivity index (χ3v) is 8.17. The first-order valence-corrected chi connectivity index (χ1v) is 16.1. The summed E-state index contributed by atoms with van der Waals surface area (Å²) in [6, 6.07) is 14.4. The summed E-state index contributed by atoms with van der Waals surface area (Å²) in [4.78, 5) is 72.5. The highest BCUT2D eigenvalue weighted by Crippen LogP contribution is 2.29. The Morgan fingerprint density at radius 1 is 0.569 bits per heavy atom. The average molecular weight is 702 g/mol. The molecule has 2 aromatic rings. The van der Waals surface area contributed by atoms with E-state index in [1.807, 2.05) is 38.1 Å². The number of hydrogen-bond donors (Lipinski definition) is 2. The summed E-state index contributed by atoms with van der Waals surface area (Å²) in [6.07, 6.45) is 0.797. The lowest BCUT2D eigenvalue weighted by molar-refractivity contribution is -0.136. The van der Waals surface area contributed by atoms with E-state index in [1.54, 1.807) is 38.1 Å². The lowest BCUT2D eigenvalue weighted by Gasteiger charge is -2.20. The Kier molecular flexibility index (Phi) is 13.8. The SMILES string of the molecule is COC1=C(OC)C(=O)C(Cc2ccc(CC(=O)NC(C)C)cc2)=C(C)C1=O.COC1=C(OC)C(=O)C(Cc2ccc(CC(=O)O)cc2)=C(C)C1=O. The highest BCUT2D eigenvalue weighted by Gasteiger charge is 2.35. The standard InChI is InChI=1S/C21H25NO5.C18H18O6/c1-12(2)22-17(23)11-15-8-6-14(7-9-15)10-16-13(3)18(24)20(26-4)21(27-5)19(16)25;1-10-13(16(22)18(24-3)17(23-2)15(10)21)8-11-4-6-12(7-5-11)9-14(19)20/h6-9,12H,10-11H2,1-5H3,(H,22,23);4-7H,8-9H2,1-3H3,(H,19,20). The molecule has 0 heterocycles. The predicted octanol–water partition coefficient (Wildman–Crippen LogP) is 4.10. The molecule has 0 atom stereocenters. The zero-order valence-electron chi connectivity index (χ0n) is 30.1. The van der Waals surface area contributed by atoms with Crippen LogP contribution in [0, 0.1) is 0 Å². The van der Waals surface area contributed by atoms with Crippen LogP contribution >= 0.6 is 0 Å². The fourth-order valence-electron chi connectivity index (χ4n) is 5.50. The first-order valence-electron chi connectivity index (χ1n) is 16.1. The second-order valence-corrected chi connectivity index (χ2v) is 12.1. The summed E-state index contributed by atoms with van der Waals surface area (Å²) in [5.74, 6) is -2.67. The second kappa shape index (κ2) is 17.7. The van der Waals surface area contributed by atoms with Crippen molar-refractivity contribution in [1.82, 2.24) is 5.32 Å². The Balaban J connectivity index is 0.000000277. The first-order chi connectivity index (χ1) is 24.2. The average Bonchev–Trinajstić information content (AvgIpc) is 3.09. The van der Waals surface area contributed by atoms with Crippen LogP contribution in [0.5, 0.6) is 0 Å². The van der Waals surface area contributed by atoms with Gasteiger partial charge in [-0.3, -0.25) is 28.8 Å². The molecule has 0 aromatic heterocycles. The normalized spacial score (nSPS) is 14.8. The number of allylic oxidation sites excluding steroid dienone is 4. The molecule has 270 valence electrons. The number of ketones is 4. The maximum absolute atomic E-state index is 12.7. The van der Waals surface area contributed by atoms with Crippen LogP contribution in [0.25, 0.3) is 0 Å². The number of carboxylic acids is 1. The van der Waals surface area contributed by atoms with E-state index in [9.17, 15) is 28.8 Å². The van der Waals surface area contributed by atoms with E-state index in [4.69, 9.17) is 24.1 Å². The van der Waals surface area contributed by atoms with E-state index in [0.29, 0.717) is 40.7 Å². The molecule has 4 rings (SSSR count). The smallest absolute Gasteiger partial charge is 0.307 e. The van der Waals surface area contributed by atoms with E-state index in [-0.39, 0.29) is 71.0 Å². The molecule has 1 amide bonds. The number of Topliss-reactive ketones (excluding diaryl/α,β-unsaturated/α-hetero) is 4. The molecule has 0 aliphatic heterocycles. The molecule has 0 unspecified atom stereocenters. The van der Waals surface area contributed by atoms with Gasteiger partial charge < -0.3 is 29.4 Å². The van der Waals surface area contributed by atoms with Gasteiger partial charge in [0, 0.05) is 41.2 Å². The van der Waals surface area contributed by atoms with E-state index >= 15 is 0 Å². The number of ether oxygens (including phenoxy) is 4. The molecule has 2 N–H and O–H groups in total. The molecule has 12 heteroatoms. The number of methoxy groups -OCH3 is 4. The summed E-state index contributed by atoms with van der Waals surface area (Å²) in [5, 5.41) is 11.6. The quantitative estimate of drug-likeness (QED) is 0.288. The molecule has 0 radical (unpaired) electrons. The molecule has 0 saturated carbocycles. The number of rotatable bonds is 13. The third-order valence-electron chi connectivity index (χ3n) is 8.17. The monoisotopic (exact) mass is 701 g/mol. The molecule has 2 aromatic carbocycles. The molecule has 12 nitrogen and oxygen atoms in total. The minimum Gasteiger partial charge on any atom is -0.489 e. The third kappa shape index (κ3) is 9.68. The van der Waals surface area contributed by atoms with Gasteiger partial charge in [-0.15, -0.1) is 0 Å². The molecule has 51 heavy (non-hydrogen) atoms. The van der Waals surface area contributed by atoms with E-state index in [2.05, 4.69) is 5.32 Å². The number of nitrogens with one attached hydrogen (secondary N) is 1. The van der Waals surface area contributed by atoms with Crippen LogP contribution in [-0.4, -0.2) is 74.6 Å². The Morgan fingerprint density at radius 2 is 0.882 bits per heavy atom. The topological polar surface area (TPSA) is 172 Å². The van der Waals surface area contributed by atoms with Crippen LogP contribution in [0.4, 0.5) is 0 Å². The number of carboxylic acid groups (broad SMARTS) is 1. The number of amides is 1. The lowest BCUT2D eigenvalue weighted by Crippen LogP contribution is -2.31. The number of carbonyl (C=O) groups excluding carboxylic acids is 5. The maximum Gasteiger partial charge on any atom is 0.307 e. The van der Waals surface area contributed by atoms with Crippen molar-refractivity contribution in [2.24, 2.45) is 0 Å². The molecule has 0 fully saturated rings. The first kappa shape index (κ1) is 39.7. The lowest BCUT2D eigenvalue weighted by atomic mass is 9.88. The fraction of sp³-hybridized carbons (Fsp3) is 0.333. The van der Waals surface area contributed by atoms with Gasteiger partial charge in [0.15, 0.2) is 0 Å². The number of benzene rings is 2. The Bertz CT molecular complexity index is 1840. The highest BCUT2D eigenvalue weighted by molar-refractivity contribution is 6.24. The largest absolute Gasteiger partial charge is 0.489 e. The van der Waals surface area contributed by atoms with Crippen molar-refractivity contribution in [3.05, 3.63) is 116 Å². The number of aliphatic carboxylic acids is 1. The predicted molar refractivity (Wildman–Crippen MR) is 186 cm³/mol. The fourth-order valence-corrected chi connectivity index (χ4v) is 5.50. The van der Waals surface area contributed by atoms with Crippen molar-refractivity contribution in [1.29, 1.82) is 0 Å². The van der Waals surface area contributed by atoms with Crippen molar-refractivity contribution in [3.63, 3.8) is 0 Å². The van der Waals surface area contributed by atoms with Gasteiger partial charge in [-0.05, 0) is 49.9 Å². The van der Waals surface area contributed by atoms with Gasteiger partial charge in [0.1, 0.15) is 0 Å². The van der Waals surface area contributed by atoms with Gasteiger partial charge in [0.05, 0.1) is 41.3 Å². The molecule has 0 saturated heterocycles. The summed E-state index contributed by atoms with van der Waals surface area (Å²) in [5.41, 5.74) is 4.65. The zero-order valence-corrected chi connectivity index (χ0v) is 30.1. The summed E-state index contributed by atoms with van der Waals surface area (Å²) in [7, 11) is 5.32. The van der Waals surface area contributed by atoms with E-state index in [0.717, 1.165) is 16.7 Å². The Morgan fingerprint density at radius 3 is 1.20 bits per heavy atom. The van der Waals surface area contributed by atoms with Gasteiger partial charge in [0.2, 0.25) is 52.1 Å². The highest BCUT2D eigenvalue weighted by atomic mass is 16.5. The van der Waals surface area contributed by atoms with Crippen LogP contribution < -0.4 is 5.32 Å². The Labute approximate surface area is 296 Å². The summed E-state index contributed by atoms with van der Waals surface area (Å²) >= 11 is 0. The second-order valence-electron chi connectivity index (χ2n) is 12.1.